The molecule has 1 aliphatic rings. The van der Waals surface area contributed by atoms with Crippen LogP contribution in [0.4, 0.5) is 0 Å². The summed E-state index contributed by atoms with van der Waals surface area (Å²) in [5.41, 5.74) is 6.81. The van der Waals surface area contributed by atoms with Gasteiger partial charge in [-0.15, -0.1) is 5.06 Å². The average Bonchev–Trinajstić information content (AvgIpc) is 2.80. The predicted octanol–water partition coefficient (Wildman–Crippen LogP) is 1.93. The summed E-state index contributed by atoms with van der Waals surface area (Å²) < 4.78 is 5.06. The van der Waals surface area contributed by atoms with E-state index in [9.17, 15) is 0 Å². The molecule has 1 aliphatic heterocycles. The molecule has 0 saturated carbocycles. The van der Waals surface area contributed by atoms with Crippen LogP contribution in [0.5, 0.6) is 5.88 Å². The fraction of sp³-hybridized carbons (Fsp3) is 0.462. The number of rotatable bonds is 6. The Bertz CT molecular complexity index is 436. The van der Waals surface area contributed by atoms with Crippen molar-refractivity contribution in [3.8, 4) is 5.88 Å². The SMILES string of the molecule is COc1ccc(C2C=C(N)ON2CCCSC)cn1. The average molecular weight is 281 g/mol. The first-order valence-corrected chi connectivity index (χ1v) is 7.54. The van der Waals surface area contributed by atoms with E-state index in [2.05, 4.69) is 11.2 Å². The Balaban J connectivity index is 2.05. The first kappa shape index (κ1) is 14.0. The van der Waals surface area contributed by atoms with E-state index >= 15 is 0 Å². The molecular weight excluding hydrogens is 262 g/mol. The third-order valence-corrected chi connectivity index (χ3v) is 3.59. The van der Waals surface area contributed by atoms with Crippen molar-refractivity contribution in [2.24, 2.45) is 5.73 Å². The van der Waals surface area contributed by atoms with Crippen molar-refractivity contribution in [2.75, 3.05) is 25.7 Å². The lowest BCUT2D eigenvalue weighted by Crippen LogP contribution is -2.25. The number of nitrogens with zero attached hydrogens (tertiary/aromatic N) is 2. The number of hydroxylamine groups is 2. The van der Waals surface area contributed by atoms with Crippen LogP contribution < -0.4 is 10.5 Å². The molecular formula is C13H19N3O2S. The summed E-state index contributed by atoms with van der Waals surface area (Å²) in [7, 11) is 1.60. The Hall–Kier alpha value is -1.40. The van der Waals surface area contributed by atoms with E-state index in [1.54, 1.807) is 13.3 Å². The number of ether oxygens (including phenoxy) is 1. The zero-order valence-electron chi connectivity index (χ0n) is 11.2. The minimum atomic E-state index is 0.0280. The number of nitrogens with two attached hydrogens (primary N) is 1. The zero-order chi connectivity index (χ0) is 13.7. The van der Waals surface area contributed by atoms with E-state index in [0.717, 1.165) is 24.3 Å². The van der Waals surface area contributed by atoms with E-state index in [1.165, 1.54) is 0 Å². The van der Waals surface area contributed by atoms with Crippen molar-refractivity contribution < 1.29 is 9.57 Å². The van der Waals surface area contributed by atoms with Crippen LogP contribution in [0.1, 0.15) is 18.0 Å². The highest BCUT2D eigenvalue weighted by Gasteiger charge is 2.27. The van der Waals surface area contributed by atoms with Crippen LogP contribution in [0.25, 0.3) is 0 Å². The van der Waals surface area contributed by atoms with Crippen molar-refractivity contribution >= 4 is 11.8 Å². The van der Waals surface area contributed by atoms with E-state index in [1.807, 2.05) is 35.0 Å². The fourth-order valence-electron chi connectivity index (χ4n) is 1.96. The van der Waals surface area contributed by atoms with Crippen molar-refractivity contribution in [3.05, 3.63) is 35.9 Å². The van der Waals surface area contributed by atoms with Gasteiger partial charge in [-0.25, -0.2) is 4.98 Å². The number of hydrogen-bond donors (Lipinski definition) is 1. The molecule has 104 valence electrons. The van der Waals surface area contributed by atoms with E-state index in [-0.39, 0.29) is 6.04 Å². The molecule has 0 spiro atoms. The van der Waals surface area contributed by atoms with Crippen LogP contribution in [0.3, 0.4) is 0 Å². The van der Waals surface area contributed by atoms with Crippen LogP contribution in [0.15, 0.2) is 30.3 Å². The van der Waals surface area contributed by atoms with Crippen LogP contribution in [0.2, 0.25) is 0 Å². The Kier molecular flexibility index (Phi) is 4.93. The maximum Gasteiger partial charge on any atom is 0.212 e. The summed E-state index contributed by atoms with van der Waals surface area (Å²) >= 11 is 1.83. The molecule has 0 amide bonds. The van der Waals surface area contributed by atoms with Gasteiger partial charge in [0.2, 0.25) is 11.8 Å². The Labute approximate surface area is 117 Å². The highest BCUT2D eigenvalue weighted by molar-refractivity contribution is 7.98. The van der Waals surface area contributed by atoms with Crippen molar-refractivity contribution in [2.45, 2.75) is 12.5 Å². The van der Waals surface area contributed by atoms with Gasteiger partial charge in [-0.2, -0.15) is 11.8 Å². The van der Waals surface area contributed by atoms with Crippen molar-refractivity contribution in [1.82, 2.24) is 10.0 Å². The first-order chi connectivity index (χ1) is 9.24. The molecule has 0 bridgehead atoms. The number of pyridine rings is 1. The summed E-state index contributed by atoms with van der Waals surface area (Å²) in [6.07, 6.45) is 6.86. The molecule has 5 nitrogen and oxygen atoms in total. The van der Waals surface area contributed by atoms with Crippen LogP contribution in [-0.2, 0) is 4.84 Å². The summed E-state index contributed by atoms with van der Waals surface area (Å²) in [4.78, 5) is 9.75. The van der Waals surface area contributed by atoms with Gasteiger partial charge in [0.15, 0.2) is 0 Å². The molecule has 1 unspecified atom stereocenters. The summed E-state index contributed by atoms with van der Waals surface area (Å²) in [5.74, 6) is 2.16. The van der Waals surface area contributed by atoms with Crippen LogP contribution >= 0.6 is 11.8 Å². The third kappa shape index (κ3) is 3.54. The summed E-state index contributed by atoms with van der Waals surface area (Å²) in [6, 6.07) is 3.86. The molecule has 0 aliphatic carbocycles. The van der Waals surface area contributed by atoms with Gasteiger partial charge in [-0.05, 0) is 24.0 Å². The molecule has 1 atom stereocenters. The highest BCUT2D eigenvalue weighted by Crippen LogP contribution is 2.29. The molecule has 19 heavy (non-hydrogen) atoms. The van der Waals surface area contributed by atoms with Crippen LogP contribution in [-0.4, -0.2) is 35.7 Å². The molecule has 1 aromatic rings. The maximum absolute atomic E-state index is 5.76. The van der Waals surface area contributed by atoms with Gasteiger partial charge in [0.05, 0.1) is 13.2 Å². The van der Waals surface area contributed by atoms with Gasteiger partial charge >= 0.3 is 0 Å². The van der Waals surface area contributed by atoms with Crippen molar-refractivity contribution in [1.29, 1.82) is 0 Å². The number of hydrogen-bond acceptors (Lipinski definition) is 6. The maximum atomic E-state index is 5.76. The minimum Gasteiger partial charge on any atom is -0.481 e. The molecule has 1 aromatic heterocycles. The lowest BCUT2D eigenvalue weighted by Gasteiger charge is -2.22. The van der Waals surface area contributed by atoms with Gasteiger partial charge in [0.25, 0.3) is 0 Å². The Morgan fingerprint density at radius 3 is 3.00 bits per heavy atom. The molecule has 2 heterocycles. The number of methoxy groups -OCH3 is 1. The Morgan fingerprint density at radius 1 is 1.53 bits per heavy atom. The molecule has 2 rings (SSSR count). The zero-order valence-corrected chi connectivity index (χ0v) is 12.0. The minimum absolute atomic E-state index is 0.0280. The molecule has 0 saturated heterocycles. The molecule has 6 heteroatoms. The van der Waals surface area contributed by atoms with Gasteiger partial charge in [0.1, 0.15) is 0 Å². The quantitative estimate of drug-likeness (QED) is 0.804. The lowest BCUT2D eigenvalue weighted by molar-refractivity contribution is -0.119. The van der Waals surface area contributed by atoms with Gasteiger partial charge < -0.3 is 15.3 Å². The monoisotopic (exact) mass is 281 g/mol. The molecule has 2 N–H and O–H groups in total. The smallest absolute Gasteiger partial charge is 0.212 e. The second-order valence-corrected chi connectivity index (χ2v) is 5.21. The topological polar surface area (TPSA) is 60.6 Å². The predicted molar refractivity (Wildman–Crippen MR) is 76.6 cm³/mol. The van der Waals surface area contributed by atoms with E-state index < -0.39 is 0 Å². The highest BCUT2D eigenvalue weighted by atomic mass is 32.2. The Morgan fingerprint density at radius 2 is 2.37 bits per heavy atom. The normalized spacial score (nSPS) is 19.1. The second kappa shape index (κ2) is 6.68. The molecule has 0 radical (unpaired) electrons. The largest absolute Gasteiger partial charge is 0.481 e. The van der Waals surface area contributed by atoms with Crippen LogP contribution in [0, 0.1) is 0 Å². The fourth-order valence-corrected chi connectivity index (χ4v) is 2.38. The summed E-state index contributed by atoms with van der Waals surface area (Å²) in [6.45, 7) is 0.842. The number of thioether (sulfide) groups is 1. The van der Waals surface area contributed by atoms with E-state index in [4.69, 9.17) is 15.3 Å². The standard InChI is InChI=1S/C13H19N3O2S/c1-17-13-5-4-10(9-15-13)11-8-12(14)18-16(11)6-3-7-19-2/h4-5,8-9,11H,3,6-7,14H2,1-2H3. The third-order valence-electron chi connectivity index (χ3n) is 2.89. The second-order valence-electron chi connectivity index (χ2n) is 4.23. The molecule has 0 fully saturated rings. The number of aromatic nitrogens is 1. The van der Waals surface area contributed by atoms with Gasteiger partial charge in [-0.1, -0.05) is 6.07 Å². The van der Waals surface area contributed by atoms with Gasteiger partial charge in [-0.3, -0.25) is 0 Å². The first-order valence-electron chi connectivity index (χ1n) is 6.15. The lowest BCUT2D eigenvalue weighted by atomic mass is 10.1. The van der Waals surface area contributed by atoms with Gasteiger partial charge in [0, 0.05) is 24.9 Å². The molecule has 0 aromatic carbocycles. The van der Waals surface area contributed by atoms with Crippen molar-refractivity contribution in [3.63, 3.8) is 0 Å². The van der Waals surface area contributed by atoms with E-state index in [0.29, 0.717) is 11.8 Å². The summed E-state index contributed by atoms with van der Waals surface area (Å²) in [5, 5.41) is 1.90.